The van der Waals surface area contributed by atoms with Gasteiger partial charge in [-0.1, -0.05) is 29.8 Å². The van der Waals surface area contributed by atoms with E-state index in [1.807, 2.05) is 32.9 Å². The number of hydrogen-bond acceptors (Lipinski definition) is 2. The Hall–Kier alpha value is -1.81. The summed E-state index contributed by atoms with van der Waals surface area (Å²) in [7, 11) is 0. The summed E-state index contributed by atoms with van der Waals surface area (Å²) in [5.41, 5.74) is 4.08. The van der Waals surface area contributed by atoms with Crippen molar-refractivity contribution < 1.29 is 9.18 Å². The molecule has 0 saturated carbocycles. The van der Waals surface area contributed by atoms with E-state index in [-0.39, 0.29) is 17.0 Å². The molecule has 0 heterocycles. The van der Waals surface area contributed by atoms with Gasteiger partial charge in [-0.3, -0.25) is 4.79 Å². The molecule has 2 nitrogen and oxygen atoms in total. The highest BCUT2D eigenvalue weighted by molar-refractivity contribution is 8.00. The van der Waals surface area contributed by atoms with Crippen LogP contribution in [0.25, 0.3) is 0 Å². The minimum atomic E-state index is -0.378. The summed E-state index contributed by atoms with van der Waals surface area (Å²) < 4.78 is 13.7. The van der Waals surface area contributed by atoms with E-state index >= 15 is 0 Å². The van der Waals surface area contributed by atoms with Crippen molar-refractivity contribution >= 4 is 23.4 Å². The molecule has 1 atom stereocenters. The molecule has 0 aliphatic carbocycles. The molecule has 0 bridgehead atoms. The number of carbonyl (C=O) groups excluding carboxylic acids is 1. The first-order valence-corrected chi connectivity index (χ1v) is 8.06. The molecule has 0 aliphatic heterocycles. The summed E-state index contributed by atoms with van der Waals surface area (Å²) in [5, 5.41) is 2.59. The average molecular weight is 317 g/mol. The van der Waals surface area contributed by atoms with Crippen molar-refractivity contribution in [3.63, 3.8) is 0 Å². The van der Waals surface area contributed by atoms with Crippen molar-refractivity contribution in [2.75, 3.05) is 5.32 Å². The van der Waals surface area contributed by atoms with Crippen molar-refractivity contribution in [1.82, 2.24) is 0 Å². The van der Waals surface area contributed by atoms with E-state index in [9.17, 15) is 9.18 Å². The molecule has 1 N–H and O–H groups in total. The molecule has 0 aliphatic rings. The number of carbonyl (C=O) groups is 1. The first-order valence-electron chi connectivity index (χ1n) is 7.18. The maximum Gasteiger partial charge on any atom is 0.237 e. The van der Waals surface area contributed by atoms with Crippen LogP contribution in [-0.4, -0.2) is 11.2 Å². The first-order chi connectivity index (χ1) is 10.4. The molecule has 0 unspecified atom stereocenters. The first kappa shape index (κ1) is 16.6. The lowest BCUT2D eigenvalue weighted by Gasteiger charge is -2.16. The average Bonchev–Trinajstić information content (AvgIpc) is 2.45. The van der Waals surface area contributed by atoms with E-state index in [0.29, 0.717) is 4.90 Å². The van der Waals surface area contributed by atoms with Gasteiger partial charge in [-0.2, -0.15) is 0 Å². The summed E-state index contributed by atoms with van der Waals surface area (Å²) in [6.45, 7) is 7.77. The van der Waals surface area contributed by atoms with Gasteiger partial charge in [0.25, 0.3) is 0 Å². The van der Waals surface area contributed by atoms with E-state index < -0.39 is 0 Å². The highest BCUT2D eigenvalue weighted by Gasteiger charge is 2.18. The van der Waals surface area contributed by atoms with Crippen molar-refractivity contribution in [1.29, 1.82) is 0 Å². The van der Waals surface area contributed by atoms with Crippen LogP contribution in [-0.2, 0) is 4.79 Å². The lowest BCUT2D eigenvalue weighted by atomic mass is 10.1. The predicted molar refractivity (Wildman–Crippen MR) is 91.0 cm³/mol. The standard InChI is InChI=1S/C18H20FNOS/c1-11-9-12(2)17(13(3)10-11)20-18(21)14(4)22-16-8-6-5-7-15(16)19/h5-10,14H,1-4H3,(H,20,21)/t14-/m0/s1. The largest absolute Gasteiger partial charge is 0.325 e. The highest BCUT2D eigenvalue weighted by Crippen LogP contribution is 2.28. The van der Waals surface area contributed by atoms with Gasteiger partial charge < -0.3 is 5.32 Å². The Balaban J connectivity index is 2.11. The van der Waals surface area contributed by atoms with Crippen LogP contribution >= 0.6 is 11.8 Å². The third kappa shape index (κ3) is 3.89. The maximum atomic E-state index is 13.7. The molecule has 0 radical (unpaired) electrons. The highest BCUT2D eigenvalue weighted by atomic mass is 32.2. The number of amides is 1. The number of anilines is 1. The molecular formula is C18H20FNOS. The summed E-state index contributed by atoms with van der Waals surface area (Å²) >= 11 is 1.23. The molecule has 0 spiro atoms. The second kappa shape index (κ2) is 6.97. The number of hydrogen-bond donors (Lipinski definition) is 1. The number of thioether (sulfide) groups is 1. The Kier molecular flexibility index (Phi) is 5.24. The molecule has 0 saturated heterocycles. The Bertz CT molecular complexity index is 676. The lowest BCUT2D eigenvalue weighted by molar-refractivity contribution is -0.115. The molecule has 2 rings (SSSR count). The topological polar surface area (TPSA) is 29.1 Å². The van der Waals surface area contributed by atoms with Crippen LogP contribution in [0.15, 0.2) is 41.3 Å². The summed E-state index contributed by atoms with van der Waals surface area (Å²) in [6.07, 6.45) is 0. The van der Waals surface area contributed by atoms with Crippen LogP contribution in [0.4, 0.5) is 10.1 Å². The van der Waals surface area contributed by atoms with E-state index in [1.54, 1.807) is 25.1 Å². The molecule has 2 aromatic carbocycles. The molecule has 116 valence electrons. The maximum absolute atomic E-state index is 13.7. The van der Waals surface area contributed by atoms with Crippen molar-refractivity contribution in [2.24, 2.45) is 0 Å². The normalized spacial score (nSPS) is 12.0. The Morgan fingerprint density at radius 3 is 2.32 bits per heavy atom. The van der Waals surface area contributed by atoms with Gasteiger partial charge in [0.1, 0.15) is 5.82 Å². The van der Waals surface area contributed by atoms with Gasteiger partial charge in [-0.15, -0.1) is 11.8 Å². The number of nitrogens with one attached hydrogen (secondary N) is 1. The van der Waals surface area contributed by atoms with Gasteiger partial charge in [-0.05, 0) is 51.0 Å². The van der Waals surface area contributed by atoms with Crippen LogP contribution in [0.5, 0.6) is 0 Å². The fraction of sp³-hybridized carbons (Fsp3) is 0.278. The molecule has 0 fully saturated rings. The zero-order valence-electron chi connectivity index (χ0n) is 13.2. The molecule has 22 heavy (non-hydrogen) atoms. The molecule has 0 aromatic heterocycles. The fourth-order valence-corrected chi connectivity index (χ4v) is 3.27. The van der Waals surface area contributed by atoms with Crippen LogP contribution in [0.3, 0.4) is 0 Å². The summed E-state index contributed by atoms with van der Waals surface area (Å²) in [5.74, 6) is -0.418. The fourth-order valence-electron chi connectivity index (χ4n) is 2.39. The molecular weight excluding hydrogens is 297 g/mol. The zero-order chi connectivity index (χ0) is 16.3. The lowest BCUT2D eigenvalue weighted by Crippen LogP contribution is -2.23. The van der Waals surface area contributed by atoms with Gasteiger partial charge in [0.15, 0.2) is 0 Å². The molecule has 4 heteroatoms. The monoisotopic (exact) mass is 317 g/mol. The second-order valence-corrected chi connectivity index (χ2v) is 6.84. The number of halogens is 1. The van der Waals surface area contributed by atoms with Crippen molar-refractivity contribution in [2.45, 2.75) is 37.8 Å². The second-order valence-electron chi connectivity index (χ2n) is 5.45. The number of rotatable bonds is 4. The van der Waals surface area contributed by atoms with E-state index in [4.69, 9.17) is 0 Å². The molecule has 1 amide bonds. The van der Waals surface area contributed by atoms with Crippen LogP contribution in [0.1, 0.15) is 23.6 Å². The van der Waals surface area contributed by atoms with Gasteiger partial charge >= 0.3 is 0 Å². The van der Waals surface area contributed by atoms with Crippen molar-refractivity contribution in [3.8, 4) is 0 Å². The Morgan fingerprint density at radius 1 is 1.14 bits per heavy atom. The predicted octanol–water partition coefficient (Wildman–Crippen LogP) is 4.87. The van der Waals surface area contributed by atoms with Gasteiger partial charge in [0.2, 0.25) is 5.91 Å². The number of benzene rings is 2. The third-order valence-electron chi connectivity index (χ3n) is 3.43. The minimum absolute atomic E-state index is 0.122. The summed E-state index contributed by atoms with van der Waals surface area (Å²) in [6, 6.07) is 10.6. The summed E-state index contributed by atoms with van der Waals surface area (Å²) in [4.78, 5) is 12.9. The van der Waals surface area contributed by atoms with Crippen molar-refractivity contribution in [3.05, 3.63) is 58.9 Å². The minimum Gasteiger partial charge on any atom is -0.325 e. The van der Waals surface area contributed by atoms with Gasteiger partial charge in [-0.25, -0.2) is 4.39 Å². The van der Waals surface area contributed by atoms with Crippen LogP contribution < -0.4 is 5.32 Å². The molecule has 2 aromatic rings. The van der Waals surface area contributed by atoms with E-state index in [2.05, 4.69) is 5.32 Å². The Morgan fingerprint density at radius 2 is 1.73 bits per heavy atom. The SMILES string of the molecule is Cc1cc(C)c(NC(=O)[C@H](C)Sc2ccccc2F)c(C)c1. The van der Waals surface area contributed by atoms with Gasteiger partial charge in [0.05, 0.1) is 5.25 Å². The van der Waals surface area contributed by atoms with Crippen LogP contribution in [0, 0.1) is 26.6 Å². The van der Waals surface area contributed by atoms with Crippen LogP contribution in [0.2, 0.25) is 0 Å². The van der Waals surface area contributed by atoms with E-state index in [0.717, 1.165) is 16.8 Å². The van der Waals surface area contributed by atoms with Gasteiger partial charge in [0, 0.05) is 10.6 Å². The number of aryl methyl sites for hydroxylation is 3. The zero-order valence-corrected chi connectivity index (χ0v) is 14.1. The third-order valence-corrected chi connectivity index (χ3v) is 4.59. The quantitative estimate of drug-likeness (QED) is 0.815. The van der Waals surface area contributed by atoms with E-state index in [1.165, 1.54) is 23.4 Å². The Labute approximate surface area is 135 Å². The smallest absolute Gasteiger partial charge is 0.237 e.